The van der Waals surface area contributed by atoms with Crippen molar-refractivity contribution in [3.63, 3.8) is 0 Å². The average Bonchev–Trinajstić information content (AvgIpc) is 3.06. The molecule has 1 amide bonds. The third-order valence-corrected chi connectivity index (χ3v) is 5.05. The highest BCUT2D eigenvalue weighted by Crippen LogP contribution is 2.22. The summed E-state index contributed by atoms with van der Waals surface area (Å²) in [5.74, 6) is 1.19. The molecule has 0 fully saturated rings. The van der Waals surface area contributed by atoms with E-state index in [2.05, 4.69) is 15.2 Å². The standard InChI is InChI=1S/C19H21N5OS/c1-3-24(13-15-7-5-4-6-8-15)17(25)14-26-19-22-21-18(23(19)2)16-9-11-20-12-10-16/h4-12H,3,13-14H2,1-2H3. The molecule has 0 saturated heterocycles. The number of amides is 1. The molecule has 0 aliphatic heterocycles. The van der Waals surface area contributed by atoms with Crippen molar-refractivity contribution in [2.24, 2.45) is 7.05 Å². The molecule has 0 N–H and O–H groups in total. The highest BCUT2D eigenvalue weighted by atomic mass is 32.2. The van der Waals surface area contributed by atoms with Crippen molar-refractivity contribution in [2.45, 2.75) is 18.6 Å². The Hall–Kier alpha value is -2.67. The maximum Gasteiger partial charge on any atom is 0.233 e. The summed E-state index contributed by atoms with van der Waals surface area (Å²) in [6.45, 7) is 3.29. The van der Waals surface area contributed by atoms with Crippen molar-refractivity contribution in [1.82, 2.24) is 24.6 Å². The third kappa shape index (κ3) is 4.29. The van der Waals surface area contributed by atoms with Crippen molar-refractivity contribution in [1.29, 1.82) is 0 Å². The lowest BCUT2D eigenvalue weighted by molar-refractivity contribution is -0.128. The number of aromatic nitrogens is 4. The van der Waals surface area contributed by atoms with Crippen LogP contribution in [0.2, 0.25) is 0 Å². The largest absolute Gasteiger partial charge is 0.338 e. The number of benzene rings is 1. The van der Waals surface area contributed by atoms with Gasteiger partial charge in [0.05, 0.1) is 5.75 Å². The van der Waals surface area contributed by atoms with Crippen LogP contribution in [0.3, 0.4) is 0 Å². The fourth-order valence-corrected chi connectivity index (χ4v) is 3.40. The number of pyridine rings is 1. The number of hydrogen-bond acceptors (Lipinski definition) is 5. The molecule has 3 aromatic rings. The van der Waals surface area contributed by atoms with Crippen LogP contribution in [0.5, 0.6) is 0 Å². The van der Waals surface area contributed by atoms with E-state index in [9.17, 15) is 4.79 Å². The van der Waals surface area contributed by atoms with Gasteiger partial charge in [-0.3, -0.25) is 9.78 Å². The zero-order valence-electron chi connectivity index (χ0n) is 14.9. The molecule has 2 aromatic heterocycles. The summed E-state index contributed by atoms with van der Waals surface area (Å²) < 4.78 is 1.90. The third-order valence-electron chi connectivity index (χ3n) is 4.05. The molecular formula is C19H21N5OS. The monoisotopic (exact) mass is 367 g/mol. The van der Waals surface area contributed by atoms with E-state index in [-0.39, 0.29) is 5.91 Å². The summed E-state index contributed by atoms with van der Waals surface area (Å²) in [7, 11) is 1.91. The van der Waals surface area contributed by atoms with Crippen molar-refractivity contribution in [3.05, 3.63) is 60.4 Å². The van der Waals surface area contributed by atoms with Gasteiger partial charge in [0.2, 0.25) is 5.91 Å². The molecular weight excluding hydrogens is 346 g/mol. The van der Waals surface area contributed by atoms with Gasteiger partial charge in [0.15, 0.2) is 11.0 Å². The predicted octanol–water partition coefficient (Wildman–Crippen LogP) is 3.02. The van der Waals surface area contributed by atoms with Gasteiger partial charge >= 0.3 is 0 Å². The summed E-state index contributed by atoms with van der Waals surface area (Å²) >= 11 is 1.41. The molecule has 0 saturated carbocycles. The van der Waals surface area contributed by atoms with E-state index in [0.717, 1.165) is 22.1 Å². The molecule has 0 atom stereocenters. The van der Waals surface area contributed by atoms with E-state index in [1.807, 2.05) is 65.9 Å². The summed E-state index contributed by atoms with van der Waals surface area (Å²) in [5, 5.41) is 9.18. The van der Waals surface area contributed by atoms with Crippen LogP contribution in [-0.4, -0.2) is 42.9 Å². The van der Waals surface area contributed by atoms with Crippen LogP contribution in [-0.2, 0) is 18.4 Å². The number of thioether (sulfide) groups is 1. The maximum atomic E-state index is 12.6. The Kier molecular flexibility index (Phi) is 6.01. The van der Waals surface area contributed by atoms with Crippen LogP contribution in [0.25, 0.3) is 11.4 Å². The Morgan fingerprint density at radius 1 is 1.12 bits per heavy atom. The van der Waals surface area contributed by atoms with Crippen LogP contribution in [0.15, 0.2) is 60.0 Å². The van der Waals surface area contributed by atoms with Gasteiger partial charge < -0.3 is 9.47 Å². The molecule has 0 radical (unpaired) electrons. The van der Waals surface area contributed by atoms with Gasteiger partial charge in [-0.25, -0.2) is 0 Å². The van der Waals surface area contributed by atoms with Gasteiger partial charge in [-0.05, 0) is 24.6 Å². The molecule has 7 heteroatoms. The fraction of sp³-hybridized carbons (Fsp3) is 0.263. The topological polar surface area (TPSA) is 63.9 Å². The number of carbonyl (C=O) groups excluding carboxylic acids is 1. The number of hydrogen-bond donors (Lipinski definition) is 0. The quantitative estimate of drug-likeness (QED) is 0.601. The van der Waals surface area contributed by atoms with E-state index >= 15 is 0 Å². The van der Waals surface area contributed by atoms with Gasteiger partial charge in [0.25, 0.3) is 0 Å². The van der Waals surface area contributed by atoms with E-state index in [0.29, 0.717) is 18.8 Å². The molecule has 0 spiro atoms. The molecule has 1 aromatic carbocycles. The second kappa shape index (κ2) is 8.62. The highest BCUT2D eigenvalue weighted by Gasteiger charge is 2.16. The number of carbonyl (C=O) groups is 1. The summed E-state index contributed by atoms with van der Waals surface area (Å²) in [6.07, 6.45) is 3.45. The van der Waals surface area contributed by atoms with Crippen LogP contribution >= 0.6 is 11.8 Å². The van der Waals surface area contributed by atoms with Crippen LogP contribution in [0, 0.1) is 0 Å². The SMILES string of the molecule is CCN(Cc1ccccc1)C(=O)CSc1nnc(-c2ccncc2)n1C. The lowest BCUT2D eigenvalue weighted by atomic mass is 10.2. The Morgan fingerprint density at radius 2 is 1.85 bits per heavy atom. The van der Waals surface area contributed by atoms with Crippen molar-refractivity contribution in [3.8, 4) is 11.4 Å². The molecule has 0 unspecified atom stereocenters. The first-order chi connectivity index (χ1) is 12.7. The molecule has 0 aliphatic carbocycles. The minimum absolute atomic E-state index is 0.0924. The minimum Gasteiger partial charge on any atom is -0.338 e. The lowest BCUT2D eigenvalue weighted by Gasteiger charge is -2.20. The Morgan fingerprint density at radius 3 is 2.54 bits per heavy atom. The smallest absolute Gasteiger partial charge is 0.233 e. The minimum atomic E-state index is 0.0924. The first kappa shape index (κ1) is 18.1. The van der Waals surface area contributed by atoms with Crippen molar-refractivity contribution < 1.29 is 4.79 Å². The number of rotatable bonds is 7. The Balaban J connectivity index is 1.63. The van der Waals surface area contributed by atoms with Crippen LogP contribution in [0.1, 0.15) is 12.5 Å². The second-order valence-corrected chi connectivity index (χ2v) is 6.73. The van der Waals surface area contributed by atoms with Gasteiger partial charge in [-0.2, -0.15) is 0 Å². The van der Waals surface area contributed by atoms with Crippen molar-refractivity contribution >= 4 is 17.7 Å². The zero-order valence-corrected chi connectivity index (χ0v) is 15.7. The molecule has 0 aliphatic rings. The molecule has 0 bridgehead atoms. The van der Waals surface area contributed by atoms with Crippen LogP contribution < -0.4 is 0 Å². The van der Waals surface area contributed by atoms with E-state index < -0.39 is 0 Å². The Labute approximate surface area is 157 Å². The molecule has 6 nitrogen and oxygen atoms in total. The maximum absolute atomic E-state index is 12.6. The molecule has 3 rings (SSSR count). The summed E-state index contributed by atoms with van der Waals surface area (Å²) in [6, 6.07) is 13.8. The second-order valence-electron chi connectivity index (χ2n) is 5.78. The molecule has 26 heavy (non-hydrogen) atoms. The average molecular weight is 367 g/mol. The first-order valence-electron chi connectivity index (χ1n) is 8.43. The van der Waals surface area contributed by atoms with Crippen LogP contribution in [0.4, 0.5) is 0 Å². The van der Waals surface area contributed by atoms with E-state index in [1.54, 1.807) is 12.4 Å². The van der Waals surface area contributed by atoms with E-state index in [1.165, 1.54) is 11.8 Å². The van der Waals surface area contributed by atoms with Gasteiger partial charge in [0.1, 0.15) is 0 Å². The molecule has 134 valence electrons. The normalized spacial score (nSPS) is 10.7. The predicted molar refractivity (Wildman–Crippen MR) is 102 cm³/mol. The lowest BCUT2D eigenvalue weighted by Crippen LogP contribution is -2.31. The first-order valence-corrected chi connectivity index (χ1v) is 9.42. The van der Waals surface area contributed by atoms with E-state index in [4.69, 9.17) is 0 Å². The van der Waals surface area contributed by atoms with Gasteiger partial charge in [-0.15, -0.1) is 10.2 Å². The highest BCUT2D eigenvalue weighted by molar-refractivity contribution is 7.99. The Bertz CT molecular complexity index is 851. The van der Waals surface area contributed by atoms with Crippen molar-refractivity contribution in [2.75, 3.05) is 12.3 Å². The zero-order chi connectivity index (χ0) is 18.4. The fourth-order valence-electron chi connectivity index (χ4n) is 2.59. The molecule has 2 heterocycles. The summed E-state index contributed by atoms with van der Waals surface area (Å²) in [5.41, 5.74) is 2.08. The van der Waals surface area contributed by atoms with Gasteiger partial charge in [-0.1, -0.05) is 42.1 Å². The van der Waals surface area contributed by atoms with Gasteiger partial charge in [0, 0.05) is 38.1 Å². The summed E-state index contributed by atoms with van der Waals surface area (Å²) in [4.78, 5) is 18.4. The number of nitrogens with zero attached hydrogens (tertiary/aromatic N) is 5.